The van der Waals surface area contributed by atoms with Gasteiger partial charge >= 0.3 is 0 Å². The zero-order valence-corrected chi connectivity index (χ0v) is 16.3. The molecule has 1 aliphatic carbocycles. The molecule has 2 fully saturated rings. The van der Waals surface area contributed by atoms with Crippen molar-refractivity contribution in [1.29, 1.82) is 0 Å². The Bertz CT molecular complexity index is 1020. The maximum absolute atomic E-state index is 12.6. The fourth-order valence-corrected chi connectivity index (χ4v) is 4.72. The van der Waals surface area contributed by atoms with Crippen LogP contribution < -0.4 is 16.2 Å². The van der Waals surface area contributed by atoms with Crippen molar-refractivity contribution >= 4 is 16.9 Å². The third-order valence-corrected chi connectivity index (χ3v) is 6.22. The topological polar surface area (TPSA) is 83.9 Å². The van der Waals surface area contributed by atoms with Crippen LogP contribution in [0.1, 0.15) is 37.7 Å². The quantitative estimate of drug-likeness (QED) is 0.623. The molecule has 3 unspecified atom stereocenters. The Morgan fingerprint density at radius 2 is 2.00 bits per heavy atom. The van der Waals surface area contributed by atoms with Crippen molar-refractivity contribution in [3.8, 4) is 5.82 Å². The van der Waals surface area contributed by atoms with Gasteiger partial charge in [0.2, 0.25) is 5.91 Å². The van der Waals surface area contributed by atoms with E-state index in [1.54, 1.807) is 12.5 Å². The number of amides is 1. The van der Waals surface area contributed by atoms with E-state index < -0.39 is 0 Å². The molecule has 3 N–H and O–H groups in total. The number of carbonyl (C=O) groups is 1. The molecule has 1 aromatic carbocycles. The molecule has 3 aromatic rings. The van der Waals surface area contributed by atoms with E-state index in [1.807, 2.05) is 41.0 Å². The van der Waals surface area contributed by atoms with Gasteiger partial charge in [-0.3, -0.25) is 20.2 Å². The van der Waals surface area contributed by atoms with E-state index in [1.165, 1.54) is 25.7 Å². The smallest absolute Gasteiger partial charge is 0.221 e. The van der Waals surface area contributed by atoms with Crippen LogP contribution in [-0.4, -0.2) is 32.5 Å². The van der Waals surface area contributed by atoms with Crippen molar-refractivity contribution in [3.05, 3.63) is 54.5 Å². The van der Waals surface area contributed by atoms with Gasteiger partial charge in [0.15, 0.2) is 0 Å². The Kier molecular flexibility index (Phi) is 4.99. The molecule has 29 heavy (non-hydrogen) atoms. The normalized spacial score (nSPS) is 23.8. The average Bonchev–Trinajstić information content (AvgIpc) is 3.37. The fraction of sp³-hybridized carbons (Fsp3) is 0.409. The Morgan fingerprint density at radius 1 is 1.10 bits per heavy atom. The highest BCUT2D eigenvalue weighted by Gasteiger charge is 2.37. The summed E-state index contributed by atoms with van der Waals surface area (Å²) in [6, 6.07) is 12.6. The van der Waals surface area contributed by atoms with Crippen molar-refractivity contribution in [1.82, 2.24) is 30.7 Å². The summed E-state index contributed by atoms with van der Waals surface area (Å²) in [5, 5.41) is 3.09. The first-order chi connectivity index (χ1) is 14.3. The highest BCUT2D eigenvalue weighted by atomic mass is 16.1. The lowest BCUT2D eigenvalue weighted by Gasteiger charge is -2.26. The molecule has 0 spiro atoms. The lowest BCUT2D eigenvalue weighted by Crippen LogP contribution is -2.37. The third-order valence-electron chi connectivity index (χ3n) is 6.22. The minimum atomic E-state index is 0.0702. The predicted molar refractivity (Wildman–Crippen MR) is 111 cm³/mol. The molecule has 1 amide bonds. The monoisotopic (exact) mass is 390 g/mol. The Hall–Kier alpha value is -2.77. The molecule has 1 aliphatic heterocycles. The number of benzene rings is 1. The number of nitrogens with one attached hydrogen (secondary N) is 3. The number of carbonyl (C=O) groups excluding carboxylic acids is 1. The molecule has 5 rings (SSSR count). The highest BCUT2D eigenvalue weighted by molar-refractivity contribution is 5.78. The van der Waals surface area contributed by atoms with Crippen LogP contribution in [0.2, 0.25) is 0 Å². The van der Waals surface area contributed by atoms with Gasteiger partial charge in [-0.2, -0.15) is 0 Å². The van der Waals surface area contributed by atoms with E-state index in [0.29, 0.717) is 24.9 Å². The molecule has 3 heterocycles. The number of pyridine rings is 1. The molecular formula is C22H26N6O. The van der Waals surface area contributed by atoms with Gasteiger partial charge in [-0.25, -0.2) is 9.97 Å². The van der Waals surface area contributed by atoms with Crippen LogP contribution in [0.4, 0.5) is 0 Å². The second-order valence-electron chi connectivity index (χ2n) is 8.02. The standard InChI is InChI=1S/C22H26N6O/c29-21(12-19-16-7-1-2-8-17(16)26-27-19)24-13-15-6-5-11-23-22(15)28-14-25-18-9-3-4-10-20(18)28/h3-6,9-11,14,16-17,19,26-27H,1-2,7-8,12-13H2,(H,24,29). The lowest BCUT2D eigenvalue weighted by molar-refractivity contribution is -0.121. The van der Waals surface area contributed by atoms with Gasteiger partial charge in [0.1, 0.15) is 12.1 Å². The van der Waals surface area contributed by atoms with Crippen LogP contribution in [0.25, 0.3) is 16.9 Å². The van der Waals surface area contributed by atoms with Crippen LogP contribution >= 0.6 is 0 Å². The van der Waals surface area contributed by atoms with Crippen LogP contribution in [0.5, 0.6) is 0 Å². The largest absolute Gasteiger partial charge is 0.352 e. The molecule has 0 bridgehead atoms. The number of fused-ring (bicyclic) bond motifs is 2. The zero-order valence-electron chi connectivity index (χ0n) is 16.3. The highest BCUT2D eigenvalue weighted by Crippen LogP contribution is 2.31. The molecule has 2 aromatic heterocycles. The second-order valence-corrected chi connectivity index (χ2v) is 8.02. The average molecular weight is 390 g/mol. The number of hydrogen-bond donors (Lipinski definition) is 3. The van der Waals surface area contributed by atoms with Gasteiger partial charge < -0.3 is 5.32 Å². The van der Waals surface area contributed by atoms with Crippen LogP contribution in [0.3, 0.4) is 0 Å². The number of hydrogen-bond acceptors (Lipinski definition) is 5. The summed E-state index contributed by atoms with van der Waals surface area (Å²) >= 11 is 0. The molecule has 2 aliphatic rings. The third kappa shape index (κ3) is 3.63. The predicted octanol–water partition coefficient (Wildman–Crippen LogP) is 2.46. The lowest BCUT2D eigenvalue weighted by atomic mass is 9.81. The number of hydrazine groups is 1. The first-order valence-corrected chi connectivity index (χ1v) is 10.4. The van der Waals surface area contributed by atoms with Gasteiger partial charge in [0, 0.05) is 36.8 Å². The number of imidazole rings is 1. The Balaban J connectivity index is 1.27. The number of para-hydroxylation sites is 2. The molecular weight excluding hydrogens is 364 g/mol. The summed E-state index contributed by atoms with van der Waals surface area (Å²) < 4.78 is 1.98. The summed E-state index contributed by atoms with van der Waals surface area (Å²) in [6.07, 6.45) is 9.00. The molecule has 150 valence electrons. The van der Waals surface area contributed by atoms with Crippen LogP contribution in [0, 0.1) is 5.92 Å². The first kappa shape index (κ1) is 18.3. The van der Waals surface area contributed by atoms with E-state index in [2.05, 4.69) is 26.1 Å². The molecule has 7 nitrogen and oxygen atoms in total. The van der Waals surface area contributed by atoms with E-state index in [4.69, 9.17) is 0 Å². The zero-order chi connectivity index (χ0) is 19.6. The van der Waals surface area contributed by atoms with Gasteiger partial charge in [-0.1, -0.05) is 31.0 Å². The fourth-order valence-electron chi connectivity index (χ4n) is 4.72. The summed E-state index contributed by atoms with van der Waals surface area (Å²) in [7, 11) is 0. The molecule has 1 saturated carbocycles. The van der Waals surface area contributed by atoms with Crippen molar-refractivity contribution in [3.63, 3.8) is 0 Å². The van der Waals surface area contributed by atoms with Crippen molar-refractivity contribution < 1.29 is 4.79 Å². The van der Waals surface area contributed by atoms with E-state index in [-0.39, 0.29) is 11.9 Å². The Labute approximate surface area is 169 Å². The SMILES string of the molecule is O=C(CC1NNC2CCCCC21)NCc1cccnc1-n1cnc2ccccc21. The summed E-state index contributed by atoms with van der Waals surface area (Å²) in [4.78, 5) is 21.7. The van der Waals surface area contributed by atoms with Crippen LogP contribution in [-0.2, 0) is 11.3 Å². The summed E-state index contributed by atoms with van der Waals surface area (Å²) in [5.41, 5.74) is 9.63. The minimum Gasteiger partial charge on any atom is -0.352 e. The van der Waals surface area contributed by atoms with Gasteiger partial charge in [-0.15, -0.1) is 0 Å². The first-order valence-electron chi connectivity index (χ1n) is 10.4. The maximum atomic E-state index is 12.6. The Morgan fingerprint density at radius 3 is 2.97 bits per heavy atom. The molecule has 0 radical (unpaired) electrons. The number of nitrogens with zero attached hydrogens (tertiary/aromatic N) is 3. The maximum Gasteiger partial charge on any atom is 0.221 e. The molecule has 7 heteroatoms. The van der Waals surface area contributed by atoms with Gasteiger partial charge in [-0.05, 0) is 37.0 Å². The molecule has 1 saturated heterocycles. The van der Waals surface area contributed by atoms with Crippen molar-refractivity contribution in [2.24, 2.45) is 5.92 Å². The van der Waals surface area contributed by atoms with E-state index in [9.17, 15) is 4.79 Å². The summed E-state index contributed by atoms with van der Waals surface area (Å²) in [5.74, 6) is 1.43. The number of aromatic nitrogens is 3. The van der Waals surface area contributed by atoms with Crippen molar-refractivity contribution in [2.75, 3.05) is 0 Å². The second kappa shape index (κ2) is 7.93. The van der Waals surface area contributed by atoms with Gasteiger partial charge in [0.05, 0.1) is 11.0 Å². The summed E-state index contributed by atoms with van der Waals surface area (Å²) in [6.45, 7) is 0.447. The molecule has 3 atom stereocenters. The number of rotatable bonds is 5. The van der Waals surface area contributed by atoms with E-state index in [0.717, 1.165) is 22.4 Å². The van der Waals surface area contributed by atoms with Gasteiger partial charge in [0.25, 0.3) is 0 Å². The van der Waals surface area contributed by atoms with Crippen LogP contribution in [0.15, 0.2) is 48.9 Å². The van der Waals surface area contributed by atoms with E-state index >= 15 is 0 Å². The van der Waals surface area contributed by atoms with Crippen molar-refractivity contribution in [2.45, 2.75) is 50.7 Å². The minimum absolute atomic E-state index is 0.0702.